The van der Waals surface area contributed by atoms with E-state index in [2.05, 4.69) is 25.2 Å². The van der Waals surface area contributed by atoms with Gasteiger partial charge in [-0.25, -0.2) is 0 Å². The maximum absolute atomic E-state index is 6.22. The lowest BCUT2D eigenvalue weighted by Gasteiger charge is -2.28. The van der Waals surface area contributed by atoms with Crippen molar-refractivity contribution in [1.82, 2.24) is 0 Å². The molecule has 0 aromatic heterocycles. The molecule has 0 radical (unpaired) electrons. The molecule has 1 aliphatic rings. The minimum atomic E-state index is -0.303. The molecule has 0 bridgehead atoms. The van der Waals surface area contributed by atoms with Gasteiger partial charge in [-0.1, -0.05) is 41.9 Å². The number of anilines is 1. The number of nitrogens with one attached hydrogen (secondary N) is 1. The Bertz CT molecular complexity index is 609. The van der Waals surface area contributed by atoms with Crippen LogP contribution < -0.4 is 10.1 Å². The van der Waals surface area contributed by atoms with Crippen molar-refractivity contribution < 1.29 is 4.74 Å². The van der Waals surface area contributed by atoms with Gasteiger partial charge >= 0.3 is 0 Å². The molecule has 98 valence electrons. The highest BCUT2D eigenvalue weighted by Gasteiger charge is 2.41. The Labute approximate surface area is 118 Å². The Hall–Kier alpha value is -1.67. The van der Waals surface area contributed by atoms with Crippen molar-refractivity contribution in [1.29, 1.82) is 0 Å². The first-order chi connectivity index (χ1) is 9.08. The van der Waals surface area contributed by atoms with Crippen LogP contribution in [0.1, 0.15) is 25.5 Å². The molecule has 2 aromatic carbocycles. The lowest BCUT2D eigenvalue weighted by atomic mass is 9.94. The molecule has 1 aliphatic heterocycles. The molecule has 0 spiro atoms. The molecule has 2 aromatic rings. The van der Waals surface area contributed by atoms with Crippen LogP contribution in [0.3, 0.4) is 0 Å². The van der Waals surface area contributed by atoms with Crippen molar-refractivity contribution >= 4 is 17.3 Å². The third-order valence-electron chi connectivity index (χ3n) is 3.47. The van der Waals surface area contributed by atoms with Gasteiger partial charge in [0.1, 0.15) is 11.4 Å². The van der Waals surface area contributed by atoms with Gasteiger partial charge < -0.3 is 10.1 Å². The molecule has 1 N–H and O–H groups in total. The molecule has 1 atom stereocenters. The topological polar surface area (TPSA) is 21.3 Å². The van der Waals surface area contributed by atoms with Crippen molar-refractivity contribution in [3.8, 4) is 5.75 Å². The second-order valence-electron chi connectivity index (χ2n) is 5.30. The van der Waals surface area contributed by atoms with Gasteiger partial charge in [0.05, 0.1) is 16.8 Å². The van der Waals surface area contributed by atoms with Crippen LogP contribution >= 0.6 is 11.6 Å². The molecular weight excluding hydrogens is 258 g/mol. The van der Waals surface area contributed by atoms with E-state index in [1.165, 1.54) is 5.56 Å². The second kappa shape index (κ2) is 4.46. The molecule has 1 heterocycles. The third kappa shape index (κ3) is 2.17. The zero-order valence-electron chi connectivity index (χ0n) is 11.0. The maximum atomic E-state index is 6.22. The molecule has 0 fully saturated rings. The van der Waals surface area contributed by atoms with Crippen LogP contribution in [-0.2, 0) is 0 Å². The Balaban J connectivity index is 1.98. The molecule has 3 rings (SSSR count). The van der Waals surface area contributed by atoms with Gasteiger partial charge in [-0.05, 0) is 32.0 Å². The van der Waals surface area contributed by atoms with Crippen LogP contribution in [0.15, 0.2) is 48.5 Å². The molecule has 19 heavy (non-hydrogen) atoms. The average Bonchev–Trinajstić information content (AvgIpc) is 2.63. The SMILES string of the molecule is CC1(C)Oc2ccccc2C1Nc1ccccc1Cl. The van der Waals surface area contributed by atoms with Crippen LogP contribution in [0.5, 0.6) is 5.75 Å². The van der Waals surface area contributed by atoms with E-state index in [1.54, 1.807) is 0 Å². The van der Waals surface area contributed by atoms with Crippen molar-refractivity contribution in [2.45, 2.75) is 25.5 Å². The molecule has 2 nitrogen and oxygen atoms in total. The quantitative estimate of drug-likeness (QED) is 0.859. The fraction of sp³-hybridized carbons (Fsp3) is 0.250. The lowest BCUT2D eigenvalue weighted by molar-refractivity contribution is 0.118. The van der Waals surface area contributed by atoms with E-state index in [9.17, 15) is 0 Å². The Morgan fingerprint density at radius 3 is 2.53 bits per heavy atom. The van der Waals surface area contributed by atoms with E-state index in [0.29, 0.717) is 0 Å². The summed E-state index contributed by atoms with van der Waals surface area (Å²) in [5, 5.41) is 4.22. The van der Waals surface area contributed by atoms with Gasteiger partial charge in [-0.2, -0.15) is 0 Å². The highest BCUT2D eigenvalue weighted by Crippen LogP contribution is 2.45. The maximum Gasteiger partial charge on any atom is 0.128 e. The number of hydrogen-bond acceptors (Lipinski definition) is 2. The zero-order chi connectivity index (χ0) is 13.5. The van der Waals surface area contributed by atoms with Crippen molar-refractivity contribution in [2.75, 3.05) is 5.32 Å². The fourth-order valence-corrected chi connectivity index (χ4v) is 2.70. The summed E-state index contributed by atoms with van der Waals surface area (Å²) in [6.07, 6.45) is 0. The minimum absolute atomic E-state index is 0.0867. The van der Waals surface area contributed by atoms with Gasteiger partial charge in [0.15, 0.2) is 0 Å². The Morgan fingerprint density at radius 1 is 1.05 bits per heavy atom. The number of hydrogen-bond donors (Lipinski definition) is 1. The number of benzene rings is 2. The first-order valence-corrected chi connectivity index (χ1v) is 6.75. The Kier molecular flexibility index (Phi) is 2.90. The molecule has 0 aliphatic carbocycles. The van der Waals surface area contributed by atoms with E-state index in [-0.39, 0.29) is 11.6 Å². The summed E-state index contributed by atoms with van der Waals surface area (Å²) in [4.78, 5) is 0. The highest BCUT2D eigenvalue weighted by molar-refractivity contribution is 6.33. The average molecular weight is 274 g/mol. The second-order valence-corrected chi connectivity index (χ2v) is 5.71. The summed E-state index contributed by atoms with van der Waals surface area (Å²) < 4.78 is 6.01. The molecular formula is C16H16ClNO. The highest BCUT2D eigenvalue weighted by atomic mass is 35.5. The van der Waals surface area contributed by atoms with Gasteiger partial charge in [0.25, 0.3) is 0 Å². The van der Waals surface area contributed by atoms with Gasteiger partial charge in [0.2, 0.25) is 0 Å². The smallest absolute Gasteiger partial charge is 0.128 e. The number of fused-ring (bicyclic) bond motifs is 1. The molecule has 1 unspecified atom stereocenters. The standard InChI is InChI=1S/C16H16ClNO/c1-16(2)15(11-7-3-6-10-14(11)19-16)18-13-9-5-4-8-12(13)17/h3-10,15,18H,1-2H3. The van der Waals surface area contributed by atoms with Gasteiger partial charge in [-0.15, -0.1) is 0 Å². The number of rotatable bonds is 2. The van der Waals surface area contributed by atoms with E-state index >= 15 is 0 Å². The van der Waals surface area contributed by atoms with Crippen molar-refractivity contribution in [2.24, 2.45) is 0 Å². The predicted octanol–water partition coefficient (Wildman–Crippen LogP) is 4.66. The first-order valence-electron chi connectivity index (χ1n) is 6.37. The normalized spacial score (nSPS) is 19.6. The largest absolute Gasteiger partial charge is 0.485 e. The van der Waals surface area contributed by atoms with Crippen LogP contribution in [-0.4, -0.2) is 5.60 Å². The van der Waals surface area contributed by atoms with Crippen molar-refractivity contribution in [3.63, 3.8) is 0 Å². The van der Waals surface area contributed by atoms with Crippen LogP contribution in [0, 0.1) is 0 Å². The Morgan fingerprint density at radius 2 is 1.74 bits per heavy atom. The fourth-order valence-electron chi connectivity index (χ4n) is 2.51. The van der Waals surface area contributed by atoms with Gasteiger partial charge in [0, 0.05) is 5.56 Å². The summed E-state index contributed by atoms with van der Waals surface area (Å²) in [7, 11) is 0. The minimum Gasteiger partial charge on any atom is -0.485 e. The first kappa shape index (κ1) is 12.4. The van der Waals surface area contributed by atoms with Crippen molar-refractivity contribution in [3.05, 3.63) is 59.1 Å². The zero-order valence-corrected chi connectivity index (χ0v) is 11.7. The summed E-state index contributed by atoms with van der Waals surface area (Å²) >= 11 is 6.22. The summed E-state index contributed by atoms with van der Waals surface area (Å²) in [5.41, 5.74) is 1.80. The van der Waals surface area contributed by atoms with E-state index in [1.807, 2.05) is 42.5 Å². The summed E-state index contributed by atoms with van der Waals surface area (Å²) in [6, 6.07) is 16.0. The van der Waals surface area contributed by atoms with E-state index in [0.717, 1.165) is 16.5 Å². The third-order valence-corrected chi connectivity index (χ3v) is 3.80. The van der Waals surface area contributed by atoms with Crippen LogP contribution in [0.25, 0.3) is 0 Å². The van der Waals surface area contributed by atoms with Crippen LogP contribution in [0.4, 0.5) is 5.69 Å². The molecule has 3 heteroatoms. The number of para-hydroxylation sites is 2. The molecule has 0 amide bonds. The van der Waals surface area contributed by atoms with E-state index < -0.39 is 0 Å². The summed E-state index contributed by atoms with van der Waals surface area (Å²) in [5.74, 6) is 0.942. The lowest BCUT2D eigenvalue weighted by Crippen LogP contribution is -2.34. The molecule has 0 saturated heterocycles. The number of halogens is 1. The van der Waals surface area contributed by atoms with Crippen LogP contribution in [0.2, 0.25) is 5.02 Å². The predicted molar refractivity (Wildman–Crippen MR) is 79.0 cm³/mol. The number of ether oxygens (including phenoxy) is 1. The monoisotopic (exact) mass is 273 g/mol. The molecule has 0 saturated carbocycles. The van der Waals surface area contributed by atoms with Gasteiger partial charge in [-0.3, -0.25) is 0 Å². The van der Waals surface area contributed by atoms with E-state index in [4.69, 9.17) is 16.3 Å². The summed E-state index contributed by atoms with van der Waals surface area (Å²) in [6.45, 7) is 4.17.